The highest BCUT2D eigenvalue weighted by Gasteiger charge is 2.08. The fraction of sp³-hybridized carbons (Fsp3) is 0.214. The Labute approximate surface area is 101 Å². The number of aromatic nitrogens is 1. The van der Waals surface area contributed by atoms with Crippen LogP contribution >= 0.6 is 0 Å². The zero-order valence-corrected chi connectivity index (χ0v) is 10.1. The summed E-state index contributed by atoms with van der Waals surface area (Å²) in [5.74, 6) is 2.23. The van der Waals surface area contributed by atoms with Gasteiger partial charge in [0.25, 0.3) is 0 Å². The van der Waals surface area contributed by atoms with Gasteiger partial charge < -0.3 is 10.5 Å². The third kappa shape index (κ3) is 2.75. The van der Waals surface area contributed by atoms with Crippen molar-refractivity contribution >= 4 is 5.82 Å². The van der Waals surface area contributed by atoms with Gasteiger partial charge in [0.2, 0.25) is 5.88 Å². The van der Waals surface area contributed by atoms with Gasteiger partial charge in [0.05, 0.1) is 0 Å². The topological polar surface area (TPSA) is 48.1 Å². The van der Waals surface area contributed by atoms with Crippen LogP contribution in [0.3, 0.4) is 0 Å². The molecule has 0 saturated carbocycles. The maximum Gasteiger partial charge on any atom is 0.221 e. The number of nitrogen functional groups attached to an aromatic ring is 1. The first-order valence-corrected chi connectivity index (χ1v) is 5.66. The molecular weight excluding hydrogens is 212 g/mol. The van der Waals surface area contributed by atoms with E-state index in [1.165, 1.54) is 0 Å². The van der Waals surface area contributed by atoms with Gasteiger partial charge in [-0.2, -0.15) is 4.98 Å². The fourth-order valence-corrected chi connectivity index (χ4v) is 1.65. The second-order valence-electron chi connectivity index (χ2n) is 4.20. The number of para-hydroxylation sites is 1. The summed E-state index contributed by atoms with van der Waals surface area (Å²) in [4.78, 5) is 4.12. The molecule has 1 heterocycles. The second-order valence-corrected chi connectivity index (χ2v) is 4.20. The molecule has 1 aromatic carbocycles. The first-order valence-electron chi connectivity index (χ1n) is 5.66. The molecule has 0 saturated heterocycles. The minimum atomic E-state index is 0.409. The van der Waals surface area contributed by atoms with Crippen LogP contribution in [0.2, 0.25) is 0 Å². The van der Waals surface area contributed by atoms with Crippen molar-refractivity contribution in [3.63, 3.8) is 0 Å². The molecule has 0 bridgehead atoms. The Morgan fingerprint density at radius 2 is 1.82 bits per heavy atom. The molecule has 3 nitrogen and oxygen atoms in total. The number of hydrogen-bond donors (Lipinski definition) is 1. The van der Waals surface area contributed by atoms with Crippen molar-refractivity contribution in [3.05, 3.63) is 48.0 Å². The molecule has 2 aromatic rings. The first-order chi connectivity index (χ1) is 8.16. The summed E-state index contributed by atoms with van der Waals surface area (Å²) in [5.41, 5.74) is 6.78. The van der Waals surface area contributed by atoms with Crippen molar-refractivity contribution in [1.29, 1.82) is 0 Å². The predicted octanol–water partition coefficient (Wildman–Crippen LogP) is 3.58. The molecule has 0 atom stereocenters. The van der Waals surface area contributed by atoms with E-state index in [1.54, 1.807) is 12.1 Å². The van der Waals surface area contributed by atoms with E-state index in [0.29, 0.717) is 17.6 Å². The number of benzene rings is 1. The molecule has 0 aliphatic carbocycles. The van der Waals surface area contributed by atoms with Crippen molar-refractivity contribution < 1.29 is 4.74 Å². The van der Waals surface area contributed by atoms with Crippen molar-refractivity contribution in [2.45, 2.75) is 19.8 Å². The molecule has 0 fully saturated rings. The summed E-state index contributed by atoms with van der Waals surface area (Å²) in [7, 11) is 0. The van der Waals surface area contributed by atoms with Crippen LogP contribution in [0, 0.1) is 0 Å². The number of ether oxygens (including phenoxy) is 1. The largest absolute Gasteiger partial charge is 0.439 e. The normalized spacial score (nSPS) is 10.5. The van der Waals surface area contributed by atoms with E-state index >= 15 is 0 Å². The summed E-state index contributed by atoms with van der Waals surface area (Å²) >= 11 is 0. The molecule has 17 heavy (non-hydrogen) atoms. The molecule has 88 valence electrons. The Bertz CT molecular complexity index is 509. The highest BCUT2D eigenvalue weighted by Crippen LogP contribution is 2.29. The van der Waals surface area contributed by atoms with Gasteiger partial charge in [-0.05, 0) is 23.6 Å². The van der Waals surface area contributed by atoms with Crippen molar-refractivity contribution in [3.8, 4) is 11.6 Å². The smallest absolute Gasteiger partial charge is 0.221 e. The molecule has 2 rings (SSSR count). The highest BCUT2D eigenvalue weighted by atomic mass is 16.5. The number of nitrogens with zero attached hydrogens (tertiary/aromatic N) is 1. The van der Waals surface area contributed by atoms with Crippen LogP contribution in [0.4, 0.5) is 5.82 Å². The maximum atomic E-state index is 5.76. The van der Waals surface area contributed by atoms with Gasteiger partial charge in [-0.25, -0.2) is 0 Å². The fourth-order valence-electron chi connectivity index (χ4n) is 1.65. The van der Waals surface area contributed by atoms with Crippen LogP contribution in [0.15, 0.2) is 42.5 Å². The molecule has 0 unspecified atom stereocenters. The number of rotatable bonds is 3. The van der Waals surface area contributed by atoms with Gasteiger partial charge in [0, 0.05) is 6.07 Å². The van der Waals surface area contributed by atoms with Gasteiger partial charge in [-0.1, -0.05) is 38.1 Å². The summed E-state index contributed by atoms with van der Waals surface area (Å²) in [6.45, 7) is 4.27. The Kier molecular flexibility index (Phi) is 3.28. The predicted molar refractivity (Wildman–Crippen MR) is 69.3 cm³/mol. The van der Waals surface area contributed by atoms with Crippen molar-refractivity contribution in [1.82, 2.24) is 4.98 Å². The van der Waals surface area contributed by atoms with Gasteiger partial charge in [0.15, 0.2) is 0 Å². The van der Waals surface area contributed by atoms with Crippen LogP contribution in [0.25, 0.3) is 0 Å². The average Bonchev–Trinajstić information content (AvgIpc) is 2.29. The van der Waals surface area contributed by atoms with E-state index in [-0.39, 0.29) is 0 Å². The van der Waals surface area contributed by atoms with Gasteiger partial charge >= 0.3 is 0 Å². The Hall–Kier alpha value is -2.03. The van der Waals surface area contributed by atoms with E-state index in [0.717, 1.165) is 11.3 Å². The monoisotopic (exact) mass is 228 g/mol. The zero-order valence-electron chi connectivity index (χ0n) is 10.1. The first kappa shape index (κ1) is 11.5. The number of nitrogens with two attached hydrogens (primary N) is 1. The molecular formula is C14H16N2O. The van der Waals surface area contributed by atoms with E-state index in [2.05, 4.69) is 24.9 Å². The Balaban J connectivity index is 2.30. The third-order valence-electron chi connectivity index (χ3n) is 2.50. The van der Waals surface area contributed by atoms with Crippen molar-refractivity contribution in [2.75, 3.05) is 5.73 Å². The quantitative estimate of drug-likeness (QED) is 0.873. The molecule has 1 aromatic heterocycles. The average molecular weight is 228 g/mol. The zero-order chi connectivity index (χ0) is 12.3. The Morgan fingerprint density at radius 1 is 1.06 bits per heavy atom. The summed E-state index contributed by atoms with van der Waals surface area (Å²) in [5, 5.41) is 0. The third-order valence-corrected chi connectivity index (χ3v) is 2.50. The lowest BCUT2D eigenvalue weighted by atomic mass is 10.0. The van der Waals surface area contributed by atoms with E-state index in [4.69, 9.17) is 10.5 Å². The molecule has 0 radical (unpaired) electrons. The highest BCUT2D eigenvalue weighted by molar-refractivity contribution is 5.39. The van der Waals surface area contributed by atoms with Gasteiger partial charge in [-0.15, -0.1) is 0 Å². The minimum Gasteiger partial charge on any atom is -0.439 e. The van der Waals surface area contributed by atoms with E-state index < -0.39 is 0 Å². The summed E-state index contributed by atoms with van der Waals surface area (Å²) in [6, 6.07) is 13.3. The number of hydrogen-bond acceptors (Lipinski definition) is 3. The molecule has 2 N–H and O–H groups in total. The minimum absolute atomic E-state index is 0.409. The van der Waals surface area contributed by atoms with Gasteiger partial charge in [-0.3, -0.25) is 0 Å². The van der Waals surface area contributed by atoms with Crippen LogP contribution in [0.5, 0.6) is 11.6 Å². The number of pyridine rings is 1. The van der Waals surface area contributed by atoms with Crippen LogP contribution in [-0.2, 0) is 0 Å². The molecule has 3 heteroatoms. The lowest BCUT2D eigenvalue weighted by molar-refractivity contribution is 0.455. The Morgan fingerprint density at radius 3 is 2.53 bits per heavy atom. The standard InChI is InChI=1S/C14H16N2O/c1-10(2)11-6-3-4-7-12(11)17-14-9-5-8-13(15)16-14/h3-10H,1-2H3,(H2,15,16). The molecule has 0 aliphatic heterocycles. The molecule has 0 spiro atoms. The molecule has 0 aliphatic rings. The lowest BCUT2D eigenvalue weighted by Crippen LogP contribution is -1.96. The summed E-state index contributed by atoms with van der Waals surface area (Å²) in [6.07, 6.45) is 0. The van der Waals surface area contributed by atoms with Crippen LogP contribution < -0.4 is 10.5 Å². The SMILES string of the molecule is CC(C)c1ccccc1Oc1cccc(N)n1. The number of anilines is 1. The second kappa shape index (κ2) is 4.87. The van der Waals surface area contributed by atoms with E-state index in [1.807, 2.05) is 24.3 Å². The van der Waals surface area contributed by atoms with Gasteiger partial charge in [0.1, 0.15) is 11.6 Å². The van der Waals surface area contributed by atoms with Crippen molar-refractivity contribution in [2.24, 2.45) is 0 Å². The van der Waals surface area contributed by atoms with Crippen LogP contribution in [-0.4, -0.2) is 4.98 Å². The van der Waals surface area contributed by atoms with E-state index in [9.17, 15) is 0 Å². The molecule has 0 amide bonds. The maximum absolute atomic E-state index is 5.76. The van der Waals surface area contributed by atoms with Crippen LogP contribution in [0.1, 0.15) is 25.3 Å². The lowest BCUT2D eigenvalue weighted by Gasteiger charge is -2.12. The summed E-state index contributed by atoms with van der Waals surface area (Å²) < 4.78 is 5.76.